The van der Waals surface area contributed by atoms with E-state index in [2.05, 4.69) is 25.3 Å². The van der Waals surface area contributed by atoms with Gasteiger partial charge in [0.05, 0.1) is 17.5 Å². The zero-order chi connectivity index (χ0) is 29.9. The largest absolute Gasteiger partial charge is 0.475 e. The van der Waals surface area contributed by atoms with Gasteiger partial charge in [-0.05, 0) is 37.6 Å². The number of aromatic nitrogens is 4. The highest BCUT2D eigenvalue weighted by molar-refractivity contribution is 5.77. The number of carbonyl (C=O) groups excluding carboxylic acids is 1. The molecule has 0 aliphatic carbocycles. The molecule has 0 saturated heterocycles. The summed E-state index contributed by atoms with van der Waals surface area (Å²) in [5.41, 5.74) is 5.02. The minimum absolute atomic E-state index is 0.0154. The van der Waals surface area contributed by atoms with Crippen LogP contribution in [0.15, 0.2) is 62.8 Å². The number of carbonyl (C=O) groups is 1. The number of nitrogens with one attached hydrogen (secondary N) is 2. The van der Waals surface area contributed by atoms with Crippen LogP contribution in [-0.4, -0.2) is 38.5 Å². The van der Waals surface area contributed by atoms with Crippen LogP contribution < -0.4 is 32.5 Å². The van der Waals surface area contributed by atoms with Crippen LogP contribution in [0.5, 0.6) is 0 Å². The Morgan fingerprint density at radius 3 is 2.46 bits per heavy atom. The lowest BCUT2D eigenvalue weighted by molar-refractivity contribution is -0.137. The number of halogens is 3. The first-order valence-electron chi connectivity index (χ1n) is 12.2. The molecule has 0 saturated carbocycles. The second-order valence-corrected chi connectivity index (χ2v) is 9.25. The van der Waals surface area contributed by atoms with Gasteiger partial charge >= 0.3 is 11.9 Å². The van der Waals surface area contributed by atoms with Crippen LogP contribution in [0.2, 0.25) is 0 Å². The van der Waals surface area contributed by atoms with Crippen molar-refractivity contribution in [2.45, 2.75) is 39.2 Å². The number of nitrogens with two attached hydrogens (primary N) is 1. The van der Waals surface area contributed by atoms with Gasteiger partial charge in [0.1, 0.15) is 13.7 Å². The number of anilines is 2. The van der Waals surface area contributed by atoms with Gasteiger partial charge in [-0.1, -0.05) is 34.2 Å². The second kappa shape index (κ2) is 11.6. The topological polar surface area (TPSA) is 159 Å². The number of nitrogens with zero attached hydrogens (tertiary/aromatic N) is 4. The molecule has 216 valence electrons. The molecule has 2 aromatic heterocycles. The molecular formula is C26H26F3N7O5. The van der Waals surface area contributed by atoms with Gasteiger partial charge in [0.25, 0.3) is 5.56 Å². The average molecular weight is 574 g/mol. The Bertz CT molecular complexity index is 1670. The fourth-order valence-electron chi connectivity index (χ4n) is 3.96. The van der Waals surface area contributed by atoms with Gasteiger partial charge in [-0.2, -0.15) is 13.2 Å². The number of benzene rings is 2. The summed E-state index contributed by atoms with van der Waals surface area (Å²) < 4.78 is 46.8. The molecule has 0 unspecified atom stereocenters. The smallest absolute Gasteiger partial charge is 0.409 e. The summed E-state index contributed by atoms with van der Waals surface area (Å²) in [6.45, 7) is 3.12. The quantitative estimate of drug-likeness (QED) is 0.256. The second-order valence-electron chi connectivity index (χ2n) is 9.25. The molecule has 4 aromatic rings. The zero-order valence-electron chi connectivity index (χ0n) is 22.2. The summed E-state index contributed by atoms with van der Waals surface area (Å²) in [7, 11) is 1.29. The molecule has 0 aliphatic heterocycles. The molecule has 41 heavy (non-hydrogen) atoms. The Morgan fingerprint density at radius 2 is 1.83 bits per heavy atom. The van der Waals surface area contributed by atoms with Crippen LogP contribution >= 0.6 is 0 Å². The summed E-state index contributed by atoms with van der Waals surface area (Å²) in [5, 5.41) is 9.23. The van der Waals surface area contributed by atoms with Gasteiger partial charge in [0.15, 0.2) is 5.82 Å². The van der Waals surface area contributed by atoms with E-state index in [0.29, 0.717) is 11.1 Å². The summed E-state index contributed by atoms with van der Waals surface area (Å²) in [5.74, 6) is -1.28. The van der Waals surface area contributed by atoms with Crippen LogP contribution in [-0.2, 0) is 24.1 Å². The maximum Gasteiger partial charge on any atom is 0.475 e. The molecule has 2 heterocycles. The first kappa shape index (κ1) is 28.9. The summed E-state index contributed by atoms with van der Waals surface area (Å²) in [4.78, 5) is 46.8. The summed E-state index contributed by atoms with van der Waals surface area (Å²) in [6, 6.07) is 9.35. The minimum Gasteiger partial charge on any atom is -0.409 e. The first-order valence-corrected chi connectivity index (χ1v) is 12.2. The fourth-order valence-corrected chi connectivity index (χ4v) is 3.96. The molecule has 12 nitrogen and oxygen atoms in total. The molecule has 15 heteroatoms. The third kappa shape index (κ3) is 6.57. The molecule has 0 spiro atoms. The van der Waals surface area contributed by atoms with E-state index >= 15 is 0 Å². The standard InChI is InChI=1S/C26H26F3N7O5/c1-14(2)33-22-24(38)35(20(12-32-22)17-8-18(26(27,28)29)10-19(30)9-17)13-21(37)31-11-15-4-6-16(7-5-15)23-34-41-25(39)36(23)40-3/h4-10,12,14H,11,13,30H2,1-3H3,(H,31,37)(H,32,33). The van der Waals surface area contributed by atoms with E-state index in [1.807, 2.05) is 0 Å². The van der Waals surface area contributed by atoms with Crippen molar-refractivity contribution in [1.82, 2.24) is 24.8 Å². The third-order valence-corrected chi connectivity index (χ3v) is 5.81. The SMILES string of the molecule is COn1c(-c2ccc(CNC(=O)Cn3c(-c4cc(N)cc(C(F)(F)F)c4)cnc(NC(C)C)c3=O)cc2)noc1=O. The predicted octanol–water partition coefficient (Wildman–Crippen LogP) is 2.52. The Labute approximate surface area is 230 Å². The lowest BCUT2D eigenvalue weighted by Crippen LogP contribution is -2.35. The normalized spacial score (nSPS) is 11.5. The molecule has 4 rings (SSSR count). The molecule has 0 fully saturated rings. The van der Waals surface area contributed by atoms with Crippen molar-refractivity contribution in [3.63, 3.8) is 0 Å². The van der Waals surface area contributed by atoms with E-state index in [1.165, 1.54) is 19.4 Å². The van der Waals surface area contributed by atoms with Gasteiger partial charge in [0.2, 0.25) is 11.7 Å². The Kier molecular flexibility index (Phi) is 8.16. The van der Waals surface area contributed by atoms with E-state index in [4.69, 9.17) is 10.6 Å². The van der Waals surface area contributed by atoms with Crippen molar-refractivity contribution in [1.29, 1.82) is 0 Å². The lowest BCUT2D eigenvalue weighted by Gasteiger charge is -2.17. The third-order valence-electron chi connectivity index (χ3n) is 5.81. The summed E-state index contributed by atoms with van der Waals surface area (Å²) in [6.07, 6.45) is -3.46. The van der Waals surface area contributed by atoms with Crippen molar-refractivity contribution >= 4 is 17.4 Å². The van der Waals surface area contributed by atoms with Gasteiger partial charge in [-0.3, -0.25) is 18.7 Å². The van der Waals surface area contributed by atoms with Crippen molar-refractivity contribution in [3.05, 3.63) is 80.7 Å². The number of nitrogen functional groups attached to an aromatic ring is 1. The van der Waals surface area contributed by atoms with Crippen LogP contribution in [0, 0.1) is 0 Å². The van der Waals surface area contributed by atoms with Gasteiger partial charge in [-0.15, -0.1) is 0 Å². The molecule has 0 radical (unpaired) electrons. The summed E-state index contributed by atoms with van der Waals surface area (Å²) >= 11 is 0. The zero-order valence-corrected chi connectivity index (χ0v) is 22.2. The molecule has 0 bridgehead atoms. The van der Waals surface area contributed by atoms with E-state index in [1.54, 1.807) is 38.1 Å². The molecule has 0 atom stereocenters. The van der Waals surface area contributed by atoms with Gasteiger partial charge in [0, 0.05) is 29.4 Å². The van der Waals surface area contributed by atoms with Crippen molar-refractivity contribution in [2.24, 2.45) is 0 Å². The van der Waals surface area contributed by atoms with Crippen LogP contribution in [0.3, 0.4) is 0 Å². The molecular weight excluding hydrogens is 547 g/mol. The number of hydrogen-bond acceptors (Lipinski definition) is 9. The highest BCUT2D eigenvalue weighted by atomic mass is 19.4. The van der Waals surface area contributed by atoms with Gasteiger partial charge < -0.3 is 21.2 Å². The van der Waals surface area contributed by atoms with E-state index in [-0.39, 0.29) is 41.2 Å². The molecule has 1 amide bonds. The first-order chi connectivity index (χ1) is 19.4. The van der Waals surface area contributed by atoms with E-state index < -0.39 is 35.5 Å². The molecule has 2 aromatic carbocycles. The van der Waals surface area contributed by atoms with E-state index in [0.717, 1.165) is 21.4 Å². The number of rotatable bonds is 9. The van der Waals surface area contributed by atoms with Gasteiger partial charge in [-0.25, -0.2) is 9.78 Å². The maximum absolute atomic E-state index is 13.4. The minimum atomic E-state index is -4.68. The number of alkyl halides is 3. The van der Waals surface area contributed by atoms with Crippen molar-refractivity contribution in [2.75, 3.05) is 18.2 Å². The van der Waals surface area contributed by atoms with Crippen LogP contribution in [0.4, 0.5) is 24.7 Å². The average Bonchev–Trinajstić information content (AvgIpc) is 3.29. The highest BCUT2D eigenvalue weighted by Gasteiger charge is 2.31. The fraction of sp³-hybridized carbons (Fsp3) is 0.269. The highest BCUT2D eigenvalue weighted by Crippen LogP contribution is 2.34. The number of hydrogen-bond donors (Lipinski definition) is 3. The van der Waals surface area contributed by atoms with Crippen molar-refractivity contribution < 1.29 is 27.3 Å². The van der Waals surface area contributed by atoms with Crippen LogP contribution in [0.1, 0.15) is 25.0 Å². The monoisotopic (exact) mass is 573 g/mol. The predicted molar refractivity (Wildman–Crippen MR) is 143 cm³/mol. The molecule has 4 N–H and O–H groups in total. The molecule has 0 aliphatic rings. The maximum atomic E-state index is 13.4. The van der Waals surface area contributed by atoms with E-state index in [9.17, 15) is 27.6 Å². The lowest BCUT2D eigenvalue weighted by atomic mass is 10.1. The Hall–Kier alpha value is -5.08. The Morgan fingerprint density at radius 1 is 1.12 bits per heavy atom. The number of amides is 1. The van der Waals surface area contributed by atoms with Crippen molar-refractivity contribution in [3.8, 4) is 22.6 Å². The Balaban J connectivity index is 1.58. The van der Waals surface area contributed by atoms with Crippen LogP contribution in [0.25, 0.3) is 22.6 Å².